The number of carbonyl (C=O) groups is 1. The number of nitrogens with zero attached hydrogens (tertiary/aromatic N) is 2. The third-order valence-electron chi connectivity index (χ3n) is 4.29. The molecule has 0 aliphatic carbocycles. The maximum Gasteiger partial charge on any atom is 0.229 e. The van der Waals surface area contributed by atoms with Crippen LogP contribution in [0.2, 0.25) is 0 Å². The van der Waals surface area contributed by atoms with E-state index in [1.165, 1.54) is 16.9 Å². The van der Waals surface area contributed by atoms with Gasteiger partial charge in [0.15, 0.2) is 0 Å². The molecule has 3 rings (SSSR count). The van der Waals surface area contributed by atoms with Gasteiger partial charge < -0.3 is 10.6 Å². The summed E-state index contributed by atoms with van der Waals surface area (Å²) in [4.78, 5) is 12.3. The quantitative estimate of drug-likeness (QED) is 0.850. The Balaban J connectivity index is 0.00000208. The molecule has 1 unspecified atom stereocenters. The maximum atomic E-state index is 12.3. The number of anilines is 1. The highest BCUT2D eigenvalue weighted by atomic mass is 35.5. The summed E-state index contributed by atoms with van der Waals surface area (Å²) in [5.74, 6) is 0.389. The number of aromatic nitrogens is 2. The van der Waals surface area contributed by atoms with Gasteiger partial charge in [0.1, 0.15) is 5.01 Å². The fourth-order valence-electron chi connectivity index (χ4n) is 2.96. The Labute approximate surface area is 152 Å². The maximum absolute atomic E-state index is 12.3. The fourth-order valence-corrected chi connectivity index (χ4v) is 3.91. The van der Waals surface area contributed by atoms with E-state index in [0.717, 1.165) is 37.4 Å². The SMILES string of the molecule is CCC(c1ccccc1)c1nnc(NC(=O)C2CCNCC2)s1.Cl. The van der Waals surface area contributed by atoms with E-state index in [1.807, 2.05) is 18.2 Å². The molecule has 1 saturated heterocycles. The summed E-state index contributed by atoms with van der Waals surface area (Å²) in [6.45, 7) is 3.96. The van der Waals surface area contributed by atoms with E-state index >= 15 is 0 Å². The van der Waals surface area contributed by atoms with Crippen LogP contribution in [-0.4, -0.2) is 29.2 Å². The molecule has 1 aliphatic rings. The first-order chi connectivity index (χ1) is 11.3. The molecule has 1 atom stereocenters. The molecule has 1 fully saturated rings. The van der Waals surface area contributed by atoms with Crippen LogP contribution in [-0.2, 0) is 4.79 Å². The molecule has 5 nitrogen and oxygen atoms in total. The highest BCUT2D eigenvalue weighted by Crippen LogP contribution is 2.31. The van der Waals surface area contributed by atoms with Crippen molar-refractivity contribution in [1.29, 1.82) is 0 Å². The van der Waals surface area contributed by atoms with Crippen LogP contribution >= 0.6 is 23.7 Å². The lowest BCUT2D eigenvalue weighted by Gasteiger charge is -2.20. The Bertz CT molecular complexity index is 643. The van der Waals surface area contributed by atoms with Crippen LogP contribution in [0.4, 0.5) is 5.13 Å². The van der Waals surface area contributed by atoms with E-state index in [-0.39, 0.29) is 30.2 Å². The highest BCUT2D eigenvalue weighted by molar-refractivity contribution is 7.15. The van der Waals surface area contributed by atoms with Crippen LogP contribution in [0.3, 0.4) is 0 Å². The zero-order valence-corrected chi connectivity index (χ0v) is 15.3. The highest BCUT2D eigenvalue weighted by Gasteiger charge is 2.23. The largest absolute Gasteiger partial charge is 0.317 e. The Hall–Kier alpha value is -1.50. The molecule has 0 radical (unpaired) electrons. The van der Waals surface area contributed by atoms with Crippen LogP contribution in [0.15, 0.2) is 30.3 Å². The molecule has 130 valence electrons. The predicted molar refractivity (Wildman–Crippen MR) is 100.0 cm³/mol. The number of amides is 1. The van der Waals surface area contributed by atoms with Crippen molar-refractivity contribution < 1.29 is 4.79 Å². The van der Waals surface area contributed by atoms with Crippen molar-refractivity contribution in [2.75, 3.05) is 18.4 Å². The molecular weight excluding hydrogens is 344 g/mol. The Morgan fingerprint density at radius 1 is 1.29 bits per heavy atom. The van der Waals surface area contributed by atoms with Gasteiger partial charge in [0, 0.05) is 11.8 Å². The van der Waals surface area contributed by atoms with E-state index in [0.29, 0.717) is 5.13 Å². The molecular formula is C17H23ClN4OS. The molecule has 0 saturated carbocycles. The molecule has 2 heterocycles. The van der Waals surface area contributed by atoms with Gasteiger partial charge in [-0.2, -0.15) is 0 Å². The van der Waals surface area contributed by atoms with Crippen LogP contribution in [0, 0.1) is 5.92 Å². The van der Waals surface area contributed by atoms with Gasteiger partial charge in [-0.3, -0.25) is 4.79 Å². The van der Waals surface area contributed by atoms with Gasteiger partial charge in [-0.1, -0.05) is 48.6 Å². The number of piperidine rings is 1. The zero-order valence-electron chi connectivity index (χ0n) is 13.7. The molecule has 2 N–H and O–H groups in total. The number of halogens is 1. The second-order valence-corrected chi connectivity index (χ2v) is 6.84. The normalized spacial score (nSPS) is 16.2. The van der Waals surface area contributed by atoms with Crippen molar-refractivity contribution in [3.63, 3.8) is 0 Å². The summed E-state index contributed by atoms with van der Waals surface area (Å²) < 4.78 is 0. The van der Waals surface area contributed by atoms with Crippen LogP contribution in [0.1, 0.15) is 42.7 Å². The first-order valence-corrected chi connectivity index (χ1v) is 8.99. The van der Waals surface area contributed by atoms with Gasteiger partial charge in [0.2, 0.25) is 11.0 Å². The zero-order chi connectivity index (χ0) is 16.1. The van der Waals surface area contributed by atoms with E-state index in [1.54, 1.807) is 0 Å². The summed E-state index contributed by atoms with van der Waals surface area (Å²) in [6, 6.07) is 10.3. The lowest BCUT2D eigenvalue weighted by Crippen LogP contribution is -2.34. The summed E-state index contributed by atoms with van der Waals surface area (Å²) >= 11 is 1.48. The lowest BCUT2D eigenvalue weighted by molar-refractivity contribution is -0.120. The minimum Gasteiger partial charge on any atom is -0.317 e. The van der Waals surface area contributed by atoms with E-state index < -0.39 is 0 Å². The molecule has 0 spiro atoms. The van der Waals surface area contributed by atoms with Gasteiger partial charge in [0.05, 0.1) is 0 Å². The van der Waals surface area contributed by atoms with Crippen molar-refractivity contribution in [3.05, 3.63) is 40.9 Å². The average molecular weight is 367 g/mol. The van der Waals surface area contributed by atoms with E-state index in [9.17, 15) is 4.79 Å². The Kier molecular flexibility index (Phi) is 7.15. The number of benzene rings is 1. The summed E-state index contributed by atoms with van der Waals surface area (Å²) in [5.41, 5.74) is 1.24. The van der Waals surface area contributed by atoms with Gasteiger partial charge in [-0.25, -0.2) is 0 Å². The van der Waals surface area contributed by atoms with Crippen molar-refractivity contribution in [3.8, 4) is 0 Å². The number of nitrogens with one attached hydrogen (secondary N) is 2. The molecule has 0 bridgehead atoms. The van der Waals surface area contributed by atoms with Crippen LogP contribution in [0.5, 0.6) is 0 Å². The minimum atomic E-state index is 0. The van der Waals surface area contributed by atoms with Crippen molar-refractivity contribution in [2.45, 2.75) is 32.1 Å². The van der Waals surface area contributed by atoms with E-state index in [4.69, 9.17) is 0 Å². The molecule has 7 heteroatoms. The first-order valence-electron chi connectivity index (χ1n) is 8.18. The molecule has 1 aromatic heterocycles. The van der Waals surface area contributed by atoms with Crippen molar-refractivity contribution >= 4 is 34.8 Å². The lowest BCUT2D eigenvalue weighted by atomic mass is 9.97. The number of hydrogen-bond donors (Lipinski definition) is 2. The van der Waals surface area contributed by atoms with Gasteiger partial charge >= 0.3 is 0 Å². The third kappa shape index (κ3) is 4.53. The van der Waals surface area contributed by atoms with E-state index in [2.05, 4.69) is 39.9 Å². The first kappa shape index (κ1) is 18.8. The summed E-state index contributed by atoms with van der Waals surface area (Å²) in [5, 5.41) is 16.3. The smallest absolute Gasteiger partial charge is 0.229 e. The summed E-state index contributed by atoms with van der Waals surface area (Å²) in [6.07, 6.45) is 2.74. The number of carbonyl (C=O) groups excluding carboxylic acids is 1. The number of rotatable bonds is 5. The topological polar surface area (TPSA) is 66.9 Å². The van der Waals surface area contributed by atoms with Gasteiger partial charge in [-0.05, 0) is 37.9 Å². The standard InChI is InChI=1S/C17H22N4OS.ClH/c1-2-14(12-6-4-3-5-7-12)16-20-21-17(23-16)19-15(22)13-8-10-18-11-9-13;/h3-7,13-14,18H,2,8-11H2,1H3,(H,19,21,22);1H. The van der Waals surface area contributed by atoms with Crippen molar-refractivity contribution in [2.24, 2.45) is 5.92 Å². The second kappa shape index (κ2) is 9.11. The molecule has 24 heavy (non-hydrogen) atoms. The Morgan fingerprint density at radius 2 is 2.00 bits per heavy atom. The number of hydrogen-bond acceptors (Lipinski definition) is 5. The van der Waals surface area contributed by atoms with Gasteiger partial charge in [0.25, 0.3) is 0 Å². The molecule has 1 amide bonds. The summed E-state index contributed by atoms with van der Waals surface area (Å²) in [7, 11) is 0. The Morgan fingerprint density at radius 3 is 2.67 bits per heavy atom. The average Bonchev–Trinajstić information content (AvgIpc) is 3.05. The van der Waals surface area contributed by atoms with Gasteiger partial charge in [-0.15, -0.1) is 22.6 Å². The van der Waals surface area contributed by atoms with Crippen LogP contribution < -0.4 is 10.6 Å². The predicted octanol–water partition coefficient (Wildman–Crippen LogP) is 3.44. The molecule has 2 aromatic rings. The van der Waals surface area contributed by atoms with Crippen LogP contribution in [0.25, 0.3) is 0 Å². The third-order valence-corrected chi connectivity index (χ3v) is 5.24. The molecule has 1 aromatic carbocycles. The fraction of sp³-hybridized carbons (Fsp3) is 0.471. The second-order valence-electron chi connectivity index (χ2n) is 5.83. The molecule has 1 aliphatic heterocycles. The monoisotopic (exact) mass is 366 g/mol. The minimum absolute atomic E-state index is 0. The van der Waals surface area contributed by atoms with Crippen molar-refractivity contribution in [1.82, 2.24) is 15.5 Å².